The van der Waals surface area contributed by atoms with Gasteiger partial charge in [0.05, 0.1) is 7.11 Å². The summed E-state index contributed by atoms with van der Waals surface area (Å²) < 4.78 is 7.28. The van der Waals surface area contributed by atoms with Crippen molar-refractivity contribution >= 4 is 50.1 Å². The summed E-state index contributed by atoms with van der Waals surface area (Å²) in [7, 11) is 1.67. The Labute approximate surface area is 157 Å². The lowest BCUT2D eigenvalue weighted by atomic mass is 10.2. The molecular formula is C16H18BrN3O2S2. The van der Waals surface area contributed by atoms with Crippen LogP contribution in [0.4, 0.5) is 5.13 Å². The van der Waals surface area contributed by atoms with Gasteiger partial charge in [-0.25, -0.2) is 0 Å². The summed E-state index contributed by atoms with van der Waals surface area (Å²) in [5.41, 5.74) is 1.09. The molecule has 1 fully saturated rings. The summed E-state index contributed by atoms with van der Waals surface area (Å²) in [6, 6.07) is 6.26. The Kier molecular flexibility index (Phi) is 5.78. The van der Waals surface area contributed by atoms with E-state index in [2.05, 4.69) is 26.1 Å². The molecule has 0 bridgehead atoms. The van der Waals surface area contributed by atoms with Gasteiger partial charge in [0.15, 0.2) is 4.34 Å². The highest BCUT2D eigenvalue weighted by molar-refractivity contribution is 9.10. The largest absolute Gasteiger partial charge is 0.496 e. The molecule has 0 spiro atoms. The van der Waals surface area contributed by atoms with Crippen LogP contribution in [0, 0.1) is 0 Å². The van der Waals surface area contributed by atoms with Crippen LogP contribution in [0.1, 0.15) is 31.7 Å². The number of carbonyl (C=O) groups is 1. The molecule has 1 aromatic carbocycles. The number of hydrogen-bond acceptors (Lipinski definition) is 6. The van der Waals surface area contributed by atoms with E-state index in [9.17, 15) is 4.79 Å². The molecule has 1 aromatic heterocycles. The van der Waals surface area contributed by atoms with Crippen LogP contribution in [0.5, 0.6) is 5.75 Å². The highest BCUT2D eigenvalue weighted by Crippen LogP contribution is 2.37. The van der Waals surface area contributed by atoms with Gasteiger partial charge in [0, 0.05) is 28.3 Å². The van der Waals surface area contributed by atoms with Gasteiger partial charge in [-0.2, -0.15) is 0 Å². The molecule has 1 amide bonds. The average molecular weight is 428 g/mol. The van der Waals surface area contributed by atoms with Crippen molar-refractivity contribution in [3.05, 3.63) is 28.2 Å². The number of thioether (sulfide) groups is 1. The van der Waals surface area contributed by atoms with Crippen molar-refractivity contribution < 1.29 is 9.53 Å². The highest BCUT2D eigenvalue weighted by atomic mass is 79.9. The summed E-state index contributed by atoms with van der Waals surface area (Å²) in [6.45, 7) is 1.88. The van der Waals surface area contributed by atoms with Crippen molar-refractivity contribution in [2.45, 2.75) is 42.3 Å². The normalized spacial score (nSPS) is 13.8. The number of amides is 1. The lowest BCUT2D eigenvalue weighted by Gasteiger charge is -2.17. The Hall–Kier alpha value is -1.12. The van der Waals surface area contributed by atoms with Gasteiger partial charge in [-0.3, -0.25) is 9.69 Å². The summed E-state index contributed by atoms with van der Waals surface area (Å²) in [4.78, 5) is 14.0. The maximum Gasteiger partial charge on any atom is 0.228 e. The first kappa shape index (κ1) is 17.7. The van der Waals surface area contributed by atoms with Gasteiger partial charge in [0.25, 0.3) is 0 Å². The third kappa shape index (κ3) is 4.10. The van der Waals surface area contributed by atoms with Crippen LogP contribution in [0.15, 0.2) is 27.0 Å². The van der Waals surface area contributed by atoms with Crippen LogP contribution in [0.2, 0.25) is 0 Å². The number of rotatable bonds is 7. The average Bonchev–Trinajstić information content (AvgIpc) is 3.31. The predicted molar refractivity (Wildman–Crippen MR) is 101 cm³/mol. The van der Waals surface area contributed by atoms with Gasteiger partial charge < -0.3 is 4.74 Å². The van der Waals surface area contributed by atoms with Crippen molar-refractivity contribution in [2.75, 3.05) is 12.0 Å². The molecule has 0 radical (unpaired) electrons. The van der Waals surface area contributed by atoms with E-state index in [0.717, 1.165) is 38.7 Å². The molecule has 8 heteroatoms. The number of anilines is 1. The Morgan fingerprint density at radius 3 is 2.92 bits per heavy atom. The third-order valence-corrected chi connectivity index (χ3v) is 6.28. The molecule has 0 saturated heterocycles. The molecule has 1 aliphatic carbocycles. The second kappa shape index (κ2) is 7.84. The summed E-state index contributed by atoms with van der Waals surface area (Å²) in [5, 5.41) is 9.19. The molecule has 5 nitrogen and oxygen atoms in total. The lowest BCUT2D eigenvalue weighted by molar-refractivity contribution is -0.118. The number of carbonyl (C=O) groups excluding carboxylic acids is 1. The van der Waals surface area contributed by atoms with Gasteiger partial charge >= 0.3 is 0 Å². The van der Waals surface area contributed by atoms with Gasteiger partial charge in [-0.1, -0.05) is 46.0 Å². The first-order valence-electron chi connectivity index (χ1n) is 7.73. The number of methoxy groups -OCH3 is 1. The Balaban J connectivity index is 1.70. The molecule has 3 rings (SSSR count). The molecule has 24 heavy (non-hydrogen) atoms. The van der Waals surface area contributed by atoms with Gasteiger partial charge in [-0.05, 0) is 31.0 Å². The molecule has 128 valence electrons. The molecule has 1 heterocycles. The second-order valence-electron chi connectivity index (χ2n) is 5.44. The Morgan fingerprint density at radius 2 is 2.25 bits per heavy atom. The van der Waals surface area contributed by atoms with E-state index in [4.69, 9.17) is 4.74 Å². The van der Waals surface area contributed by atoms with E-state index in [1.54, 1.807) is 18.9 Å². The van der Waals surface area contributed by atoms with E-state index in [1.807, 2.05) is 30.0 Å². The van der Waals surface area contributed by atoms with Crippen LogP contribution in [0.3, 0.4) is 0 Å². The monoisotopic (exact) mass is 427 g/mol. The molecule has 1 saturated carbocycles. The highest BCUT2D eigenvalue weighted by Gasteiger charge is 2.35. The number of aromatic nitrogens is 2. The topological polar surface area (TPSA) is 55.3 Å². The van der Waals surface area contributed by atoms with E-state index in [0.29, 0.717) is 17.6 Å². The maximum atomic E-state index is 12.1. The molecule has 0 N–H and O–H groups in total. The number of halogens is 1. The standard InChI is InChI=1S/C16H18BrN3O2S2/c1-3-14(21)20(12-5-6-12)15-18-19-16(24-15)23-9-10-8-11(17)4-7-13(10)22-2/h4,7-8,12H,3,5-6,9H2,1-2H3. The first-order valence-corrected chi connectivity index (χ1v) is 10.3. The SMILES string of the molecule is CCC(=O)N(c1nnc(SCc2cc(Br)ccc2OC)s1)C1CC1. The fraction of sp³-hybridized carbons (Fsp3) is 0.438. The maximum absolute atomic E-state index is 12.1. The molecular weight excluding hydrogens is 410 g/mol. The quantitative estimate of drug-likeness (QED) is 0.480. The molecule has 1 aliphatic rings. The number of ether oxygens (including phenoxy) is 1. The van der Waals surface area contributed by atoms with Crippen LogP contribution in [0.25, 0.3) is 0 Å². The minimum Gasteiger partial charge on any atom is -0.496 e. The molecule has 2 aromatic rings. The fourth-order valence-electron chi connectivity index (χ4n) is 2.33. The van der Waals surface area contributed by atoms with Crippen LogP contribution in [-0.2, 0) is 10.5 Å². The van der Waals surface area contributed by atoms with E-state index < -0.39 is 0 Å². The number of benzene rings is 1. The van der Waals surface area contributed by atoms with Gasteiger partial charge in [0.1, 0.15) is 5.75 Å². The van der Waals surface area contributed by atoms with Crippen LogP contribution >= 0.6 is 39.0 Å². The van der Waals surface area contributed by atoms with E-state index in [1.165, 1.54) is 11.3 Å². The minimum atomic E-state index is 0.124. The van der Waals surface area contributed by atoms with Crippen molar-refractivity contribution in [1.29, 1.82) is 0 Å². The van der Waals surface area contributed by atoms with Crippen LogP contribution in [-0.4, -0.2) is 29.3 Å². The zero-order valence-electron chi connectivity index (χ0n) is 13.5. The number of nitrogens with zero attached hydrogens (tertiary/aromatic N) is 3. The predicted octanol–water partition coefficient (Wildman–Crippen LogP) is 4.51. The van der Waals surface area contributed by atoms with Crippen molar-refractivity contribution in [2.24, 2.45) is 0 Å². The summed E-state index contributed by atoms with van der Waals surface area (Å²) in [5.74, 6) is 1.72. The van der Waals surface area contributed by atoms with Crippen molar-refractivity contribution in [3.8, 4) is 5.75 Å². The third-order valence-electron chi connectivity index (χ3n) is 3.68. The fourth-order valence-corrected chi connectivity index (χ4v) is 4.64. The number of hydrogen-bond donors (Lipinski definition) is 0. The van der Waals surface area contributed by atoms with Gasteiger partial charge in [-0.15, -0.1) is 10.2 Å². The molecule has 0 unspecified atom stereocenters. The van der Waals surface area contributed by atoms with E-state index >= 15 is 0 Å². The van der Waals surface area contributed by atoms with Gasteiger partial charge in [0.2, 0.25) is 11.0 Å². The first-order chi connectivity index (χ1) is 11.6. The summed E-state index contributed by atoms with van der Waals surface area (Å²) in [6.07, 6.45) is 2.61. The lowest BCUT2D eigenvalue weighted by Crippen LogP contribution is -2.32. The molecule has 0 atom stereocenters. The summed E-state index contributed by atoms with van der Waals surface area (Å²) >= 11 is 6.58. The zero-order chi connectivity index (χ0) is 17.1. The minimum absolute atomic E-state index is 0.124. The van der Waals surface area contributed by atoms with Crippen molar-refractivity contribution in [3.63, 3.8) is 0 Å². The second-order valence-corrected chi connectivity index (χ2v) is 8.54. The van der Waals surface area contributed by atoms with Crippen molar-refractivity contribution in [1.82, 2.24) is 10.2 Å². The smallest absolute Gasteiger partial charge is 0.228 e. The van der Waals surface area contributed by atoms with E-state index in [-0.39, 0.29) is 5.91 Å². The Morgan fingerprint density at radius 1 is 1.46 bits per heavy atom. The molecule has 0 aliphatic heterocycles. The Bertz CT molecular complexity index is 734. The zero-order valence-corrected chi connectivity index (χ0v) is 16.7. The van der Waals surface area contributed by atoms with Crippen LogP contribution < -0.4 is 9.64 Å².